The molecule has 1 aliphatic carbocycles. The van der Waals surface area contributed by atoms with Crippen molar-refractivity contribution in [1.82, 2.24) is 9.21 Å². The number of sulfonamides is 1. The molecule has 1 aliphatic heterocycles. The third-order valence-corrected chi connectivity index (χ3v) is 8.54. The average molecular weight is 484 g/mol. The zero-order chi connectivity index (χ0) is 24.3. The summed E-state index contributed by atoms with van der Waals surface area (Å²) >= 11 is 0. The van der Waals surface area contributed by atoms with E-state index >= 15 is 0 Å². The molecule has 1 fully saturated rings. The number of nitrogens with zero attached hydrogens (tertiary/aromatic N) is 2. The molecule has 4 rings (SSSR count). The largest absolute Gasteiger partial charge is 0.325 e. The Morgan fingerprint density at radius 3 is 2.21 bits per heavy atom. The maximum Gasteiger partial charge on any atom is 0.261 e. The van der Waals surface area contributed by atoms with Crippen molar-refractivity contribution >= 4 is 33.4 Å². The third kappa shape index (κ3) is 4.76. The highest BCUT2D eigenvalue weighted by Crippen LogP contribution is 2.30. The monoisotopic (exact) mass is 483 g/mol. The van der Waals surface area contributed by atoms with Gasteiger partial charge in [-0.3, -0.25) is 19.3 Å². The summed E-state index contributed by atoms with van der Waals surface area (Å²) in [5, 5.41) is 2.71. The number of fused-ring (bicyclic) bond motifs is 1. The standard InChI is InChI=1S/C25H29N3O5S/c1-27(18-10-3-2-4-11-18)34(32,33)22-15-8-7-14-21(22)26-23(29)16-9-17-28-24(30)19-12-5-6-13-20(19)25(28)31/h5-8,12-15,18H,2-4,9-11,16-17H2,1H3,(H,26,29). The Hall–Kier alpha value is -3.04. The molecular weight excluding hydrogens is 454 g/mol. The lowest BCUT2D eigenvalue weighted by Gasteiger charge is -2.30. The highest BCUT2D eigenvalue weighted by molar-refractivity contribution is 7.89. The zero-order valence-electron chi connectivity index (χ0n) is 19.2. The van der Waals surface area contributed by atoms with Gasteiger partial charge < -0.3 is 5.32 Å². The van der Waals surface area contributed by atoms with Gasteiger partial charge in [-0.1, -0.05) is 43.5 Å². The average Bonchev–Trinajstić information content (AvgIpc) is 3.09. The van der Waals surface area contributed by atoms with Crippen LogP contribution in [0.2, 0.25) is 0 Å². The molecule has 1 saturated carbocycles. The first-order valence-corrected chi connectivity index (χ1v) is 13.1. The van der Waals surface area contributed by atoms with Crippen LogP contribution >= 0.6 is 0 Å². The molecule has 180 valence electrons. The number of imide groups is 1. The van der Waals surface area contributed by atoms with Crippen molar-refractivity contribution in [1.29, 1.82) is 0 Å². The van der Waals surface area contributed by atoms with Crippen LogP contribution in [0, 0.1) is 0 Å². The van der Waals surface area contributed by atoms with E-state index < -0.39 is 10.0 Å². The fourth-order valence-corrected chi connectivity index (χ4v) is 6.20. The van der Waals surface area contributed by atoms with E-state index in [2.05, 4.69) is 5.32 Å². The SMILES string of the molecule is CN(C1CCCCC1)S(=O)(=O)c1ccccc1NC(=O)CCCN1C(=O)c2ccccc2C1=O. The summed E-state index contributed by atoms with van der Waals surface area (Å²) in [5.41, 5.74) is 0.979. The predicted molar refractivity (Wildman–Crippen MR) is 128 cm³/mol. The number of para-hydroxylation sites is 1. The van der Waals surface area contributed by atoms with Crippen LogP contribution in [0.3, 0.4) is 0 Å². The smallest absolute Gasteiger partial charge is 0.261 e. The van der Waals surface area contributed by atoms with Gasteiger partial charge in [-0.05, 0) is 43.5 Å². The Kier molecular flexibility index (Phi) is 7.13. The topological polar surface area (TPSA) is 104 Å². The molecule has 2 aliphatic rings. The predicted octanol–water partition coefficient (Wildman–Crippen LogP) is 3.65. The highest BCUT2D eigenvalue weighted by Gasteiger charge is 2.35. The molecule has 3 amide bonds. The number of carbonyl (C=O) groups is 3. The molecule has 0 spiro atoms. The third-order valence-electron chi connectivity index (χ3n) is 6.57. The van der Waals surface area contributed by atoms with Crippen LogP contribution in [-0.4, -0.2) is 55.0 Å². The summed E-state index contributed by atoms with van der Waals surface area (Å²) in [4.78, 5) is 38.7. The fourth-order valence-electron chi connectivity index (χ4n) is 4.64. The van der Waals surface area contributed by atoms with Crippen LogP contribution < -0.4 is 5.32 Å². The number of nitrogens with one attached hydrogen (secondary N) is 1. The van der Waals surface area contributed by atoms with Gasteiger partial charge in [0.25, 0.3) is 11.8 Å². The van der Waals surface area contributed by atoms with E-state index in [0.717, 1.165) is 37.0 Å². The van der Waals surface area contributed by atoms with Gasteiger partial charge in [0.15, 0.2) is 0 Å². The van der Waals surface area contributed by atoms with E-state index in [9.17, 15) is 22.8 Å². The molecular formula is C25H29N3O5S. The summed E-state index contributed by atoms with van der Waals surface area (Å²) in [6, 6.07) is 13.0. The van der Waals surface area contributed by atoms with Gasteiger partial charge in [0, 0.05) is 26.1 Å². The Morgan fingerprint density at radius 1 is 0.971 bits per heavy atom. The Morgan fingerprint density at radius 2 is 1.56 bits per heavy atom. The van der Waals surface area contributed by atoms with Gasteiger partial charge in [-0.15, -0.1) is 0 Å². The van der Waals surface area contributed by atoms with Crippen molar-refractivity contribution in [3.63, 3.8) is 0 Å². The second kappa shape index (κ2) is 10.1. The van der Waals surface area contributed by atoms with Crippen molar-refractivity contribution in [3.8, 4) is 0 Å². The summed E-state index contributed by atoms with van der Waals surface area (Å²) in [6.07, 6.45) is 5.13. The molecule has 2 aromatic carbocycles. The summed E-state index contributed by atoms with van der Waals surface area (Å²) in [7, 11) is -2.17. The number of rotatable bonds is 8. The van der Waals surface area contributed by atoms with E-state index in [1.165, 1.54) is 10.4 Å². The molecule has 0 atom stereocenters. The number of carbonyl (C=O) groups excluding carboxylic acids is 3. The molecule has 2 aromatic rings. The van der Waals surface area contributed by atoms with E-state index in [4.69, 9.17) is 0 Å². The van der Waals surface area contributed by atoms with E-state index in [-0.39, 0.29) is 53.7 Å². The van der Waals surface area contributed by atoms with Crippen molar-refractivity contribution in [2.24, 2.45) is 0 Å². The van der Waals surface area contributed by atoms with Crippen molar-refractivity contribution in [2.75, 3.05) is 18.9 Å². The van der Waals surface area contributed by atoms with Crippen molar-refractivity contribution in [3.05, 3.63) is 59.7 Å². The van der Waals surface area contributed by atoms with Gasteiger partial charge in [0.05, 0.1) is 16.8 Å². The second-order valence-corrected chi connectivity index (χ2v) is 10.7. The summed E-state index contributed by atoms with van der Waals surface area (Å²) < 4.78 is 28.0. The first-order chi connectivity index (χ1) is 16.3. The lowest BCUT2D eigenvalue weighted by Crippen LogP contribution is -2.38. The van der Waals surface area contributed by atoms with Crippen LogP contribution in [0.15, 0.2) is 53.4 Å². The molecule has 34 heavy (non-hydrogen) atoms. The van der Waals surface area contributed by atoms with Gasteiger partial charge in [-0.2, -0.15) is 4.31 Å². The minimum Gasteiger partial charge on any atom is -0.325 e. The van der Waals surface area contributed by atoms with E-state index in [0.29, 0.717) is 11.1 Å². The number of hydrogen-bond donors (Lipinski definition) is 1. The summed E-state index contributed by atoms with van der Waals surface area (Å²) in [5.74, 6) is -1.09. The van der Waals surface area contributed by atoms with E-state index in [1.807, 2.05) is 0 Å². The van der Waals surface area contributed by atoms with E-state index in [1.54, 1.807) is 49.5 Å². The maximum atomic E-state index is 13.3. The lowest BCUT2D eigenvalue weighted by atomic mass is 9.96. The van der Waals surface area contributed by atoms with Crippen LogP contribution in [-0.2, 0) is 14.8 Å². The molecule has 0 bridgehead atoms. The molecule has 1 N–H and O–H groups in total. The zero-order valence-corrected chi connectivity index (χ0v) is 20.0. The first kappa shape index (κ1) is 24.1. The van der Waals surface area contributed by atoms with Gasteiger partial charge in [-0.25, -0.2) is 8.42 Å². The van der Waals surface area contributed by atoms with Crippen LogP contribution in [0.1, 0.15) is 65.7 Å². The number of hydrogen-bond acceptors (Lipinski definition) is 5. The number of benzene rings is 2. The van der Waals surface area contributed by atoms with Gasteiger partial charge in [0.1, 0.15) is 4.90 Å². The highest BCUT2D eigenvalue weighted by atomic mass is 32.2. The van der Waals surface area contributed by atoms with Crippen molar-refractivity contribution < 1.29 is 22.8 Å². The Balaban J connectivity index is 1.38. The Labute approximate surface area is 200 Å². The fraction of sp³-hybridized carbons (Fsp3) is 0.400. The van der Waals surface area contributed by atoms with Crippen LogP contribution in [0.4, 0.5) is 5.69 Å². The van der Waals surface area contributed by atoms with Gasteiger partial charge in [0.2, 0.25) is 15.9 Å². The van der Waals surface area contributed by atoms with Crippen LogP contribution in [0.5, 0.6) is 0 Å². The number of anilines is 1. The molecule has 0 unspecified atom stereocenters. The molecule has 0 aromatic heterocycles. The molecule has 8 nitrogen and oxygen atoms in total. The summed E-state index contributed by atoms with van der Waals surface area (Å²) in [6.45, 7) is 0.115. The molecule has 1 heterocycles. The molecule has 0 radical (unpaired) electrons. The molecule has 0 saturated heterocycles. The minimum atomic E-state index is -3.77. The lowest BCUT2D eigenvalue weighted by molar-refractivity contribution is -0.116. The number of amides is 3. The van der Waals surface area contributed by atoms with Gasteiger partial charge >= 0.3 is 0 Å². The second-order valence-electron chi connectivity index (χ2n) is 8.77. The van der Waals surface area contributed by atoms with Crippen molar-refractivity contribution in [2.45, 2.75) is 55.9 Å². The first-order valence-electron chi connectivity index (χ1n) is 11.6. The molecule has 9 heteroatoms. The quantitative estimate of drug-likeness (QED) is 0.577. The van der Waals surface area contributed by atoms with Crippen LogP contribution in [0.25, 0.3) is 0 Å². The normalized spacial score (nSPS) is 16.7. The Bertz CT molecular complexity index is 1170. The maximum absolute atomic E-state index is 13.3. The minimum absolute atomic E-state index is 0.0397.